The maximum atomic E-state index is 10.7. The molecule has 0 aliphatic heterocycles. The van der Waals surface area contributed by atoms with Crippen LogP contribution in [-0.4, -0.2) is 17.0 Å². The van der Waals surface area contributed by atoms with Crippen molar-refractivity contribution in [3.63, 3.8) is 0 Å². The van der Waals surface area contributed by atoms with Crippen LogP contribution in [0.5, 0.6) is 0 Å². The Labute approximate surface area is 54.2 Å². The van der Waals surface area contributed by atoms with E-state index in [1.807, 2.05) is 6.92 Å². The third-order valence-electron chi connectivity index (χ3n) is 1.53. The Morgan fingerprint density at radius 3 is 2.89 bits per heavy atom. The summed E-state index contributed by atoms with van der Waals surface area (Å²) in [6.07, 6.45) is 2.25. The second-order valence-corrected chi connectivity index (χ2v) is 2.45. The standard InChI is InChI=1S/C7H10O2/c1-5-2-3-6(8)7(9)4-5/h4,6,8H,2-3H2,1H3. The minimum atomic E-state index is -0.728. The van der Waals surface area contributed by atoms with Crippen LogP contribution in [0.2, 0.25) is 0 Å². The van der Waals surface area contributed by atoms with Gasteiger partial charge in [-0.25, -0.2) is 0 Å². The predicted molar refractivity (Wildman–Crippen MR) is 34.0 cm³/mol. The normalized spacial score (nSPS) is 28.0. The average Bonchev–Trinajstić information content (AvgIpc) is 1.80. The van der Waals surface area contributed by atoms with Gasteiger partial charge in [-0.3, -0.25) is 4.79 Å². The molecule has 2 nitrogen and oxygen atoms in total. The molecule has 0 saturated carbocycles. The zero-order valence-electron chi connectivity index (χ0n) is 5.42. The van der Waals surface area contributed by atoms with E-state index in [0.717, 1.165) is 12.0 Å². The molecule has 0 aromatic carbocycles. The van der Waals surface area contributed by atoms with E-state index in [0.29, 0.717) is 6.42 Å². The van der Waals surface area contributed by atoms with Crippen molar-refractivity contribution in [1.82, 2.24) is 0 Å². The molecule has 0 spiro atoms. The van der Waals surface area contributed by atoms with E-state index in [1.165, 1.54) is 6.08 Å². The van der Waals surface area contributed by atoms with E-state index in [-0.39, 0.29) is 5.78 Å². The van der Waals surface area contributed by atoms with Crippen LogP contribution in [0.4, 0.5) is 0 Å². The molecule has 0 bridgehead atoms. The Kier molecular flexibility index (Phi) is 1.67. The first-order valence-corrected chi connectivity index (χ1v) is 3.09. The number of aliphatic hydroxyl groups excluding tert-OH is 1. The van der Waals surface area contributed by atoms with Crippen molar-refractivity contribution >= 4 is 5.78 Å². The number of allylic oxidation sites excluding steroid dienone is 1. The fraction of sp³-hybridized carbons (Fsp3) is 0.571. The smallest absolute Gasteiger partial charge is 0.184 e. The van der Waals surface area contributed by atoms with Gasteiger partial charge in [0.15, 0.2) is 5.78 Å². The van der Waals surface area contributed by atoms with Crippen molar-refractivity contribution in [2.75, 3.05) is 0 Å². The molecule has 1 unspecified atom stereocenters. The summed E-state index contributed by atoms with van der Waals surface area (Å²) in [5.74, 6) is -0.140. The molecular formula is C7H10O2. The van der Waals surface area contributed by atoms with E-state index in [4.69, 9.17) is 5.11 Å². The molecule has 0 heterocycles. The van der Waals surface area contributed by atoms with Gasteiger partial charge in [0.25, 0.3) is 0 Å². The molecule has 1 N–H and O–H groups in total. The summed E-state index contributed by atoms with van der Waals surface area (Å²) in [4.78, 5) is 10.7. The number of carbonyl (C=O) groups excluding carboxylic acids is 1. The number of hydrogen-bond donors (Lipinski definition) is 1. The fourth-order valence-electron chi connectivity index (χ4n) is 0.918. The molecule has 1 rings (SSSR count). The lowest BCUT2D eigenvalue weighted by Gasteiger charge is -2.12. The summed E-state index contributed by atoms with van der Waals surface area (Å²) >= 11 is 0. The Morgan fingerprint density at radius 1 is 1.78 bits per heavy atom. The predicted octanol–water partition coefficient (Wildman–Crippen LogP) is 0.657. The van der Waals surface area contributed by atoms with Gasteiger partial charge in [0.2, 0.25) is 0 Å². The number of aliphatic hydroxyl groups is 1. The van der Waals surface area contributed by atoms with Crippen LogP contribution in [0, 0.1) is 0 Å². The second kappa shape index (κ2) is 2.31. The molecule has 0 fully saturated rings. The molecule has 0 aromatic rings. The highest BCUT2D eigenvalue weighted by Gasteiger charge is 2.16. The molecule has 50 valence electrons. The Balaban J connectivity index is 2.70. The Hall–Kier alpha value is -0.630. The highest BCUT2D eigenvalue weighted by Crippen LogP contribution is 2.13. The van der Waals surface area contributed by atoms with Crippen molar-refractivity contribution in [3.05, 3.63) is 11.6 Å². The van der Waals surface area contributed by atoms with Crippen LogP contribution in [-0.2, 0) is 4.79 Å². The van der Waals surface area contributed by atoms with Gasteiger partial charge in [-0.2, -0.15) is 0 Å². The van der Waals surface area contributed by atoms with Crippen LogP contribution >= 0.6 is 0 Å². The molecule has 2 heteroatoms. The van der Waals surface area contributed by atoms with Crippen molar-refractivity contribution < 1.29 is 9.90 Å². The largest absolute Gasteiger partial charge is 0.385 e. The lowest BCUT2D eigenvalue weighted by atomic mass is 9.98. The van der Waals surface area contributed by atoms with Crippen molar-refractivity contribution in [2.45, 2.75) is 25.9 Å². The lowest BCUT2D eigenvalue weighted by molar-refractivity contribution is -0.123. The number of carbonyl (C=O) groups is 1. The minimum Gasteiger partial charge on any atom is -0.385 e. The number of hydrogen-bond acceptors (Lipinski definition) is 2. The van der Waals surface area contributed by atoms with E-state index < -0.39 is 6.10 Å². The highest BCUT2D eigenvalue weighted by atomic mass is 16.3. The molecule has 0 amide bonds. The summed E-state index contributed by atoms with van der Waals surface area (Å²) < 4.78 is 0. The number of rotatable bonds is 0. The van der Waals surface area contributed by atoms with Crippen LogP contribution in [0.25, 0.3) is 0 Å². The summed E-state index contributed by atoms with van der Waals surface area (Å²) in [5.41, 5.74) is 1.07. The van der Waals surface area contributed by atoms with Gasteiger partial charge in [-0.15, -0.1) is 0 Å². The topological polar surface area (TPSA) is 37.3 Å². The Morgan fingerprint density at radius 2 is 2.44 bits per heavy atom. The molecule has 1 aliphatic rings. The van der Waals surface area contributed by atoms with Gasteiger partial charge in [0.05, 0.1) is 0 Å². The lowest BCUT2D eigenvalue weighted by Crippen LogP contribution is -2.21. The summed E-state index contributed by atoms with van der Waals surface area (Å²) in [5, 5.41) is 8.90. The van der Waals surface area contributed by atoms with Crippen LogP contribution in [0.15, 0.2) is 11.6 Å². The molecular weight excluding hydrogens is 116 g/mol. The fourth-order valence-corrected chi connectivity index (χ4v) is 0.918. The second-order valence-electron chi connectivity index (χ2n) is 2.45. The monoisotopic (exact) mass is 126 g/mol. The minimum absolute atomic E-state index is 0.140. The highest BCUT2D eigenvalue weighted by molar-refractivity contribution is 5.94. The first-order valence-electron chi connectivity index (χ1n) is 3.09. The van der Waals surface area contributed by atoms with Crippen LogP contribution < -0.4 is 0 Å². The third-order valence-corrected chi connectivity index (χ3v) is 1.53. The maximum absolute atomic E-state index is 10.7. The molecule has 1 atom stereocenters. The van der Waals surface area contributed by atoms with E-state index in [1.54, 1.807) is 0 Å². The molecule has 0 saturated heterocycles. The van der Waals surface area contributed by atoms with E-state index in [2.05, 4.69) is 0 Å². The first kappa shape index (κ1) is 6.49. The van der Waals surface area contributed by atoms with Gasteiger partial charge in [-0.05, 0) is 25.8 Å². The van der Waals surface area contributed by atoms with Crippen molar-refractivity contribution in [1.29, 1.82) is 0 Å². The van der Waals surface area contributed by atoms with Gasteiger partial charge >= 0.3 is 0 Å². The number of ketones is 1. The van der Waals surface area contributed by atoms with Crippen molar-refractivity contribution in [3.8, 4) is 0 Å². The van der Waals surface area contributed by atoms with Gasteiger partial charge in [0, 0.05) is 0 Å². The molecule has 0 aromatic heterocycles. The molecule has 9 heavy (non-hydrogen) atoms. The van der Waals surface area contributed by atoms with Gasteiger partial charge < -0.3 is 5.11 Å². The quantitative estimate of drug-likeness (QED) is 0.517. The first-order chi connectivity index (χ1) is 4.20. The van der Waals surface area contributed by atoms with Gasteiger partial charge in [-0.1, -0.05) is 5.57 Å². The summed E-state index contributed by atoms with van der Waals surface area (Å²) in [6.45, 7) is 1.91. The Bertz CT molecular complexity index is 158. The third kappa shape index (κ3) is 1.39. The van der Waals surface area contributed by atoms with Crippen LogP contribution in [0.1, 0.15) is 19.8 Å². The SMILES string of the molecule is CC1=CC(=O)C(O)CC1. The molecule has 1 aliphatic carbocycles. The summed E-state index contributed by atoms with van der Waals surface area (Å²) in [6, 6.07) is 0. The molecule has 0 radical (unpaired) electrons. The van der Waals surface area contributed by atoms with E-state index in [9.17, 15) is 4.79 Å². The zero-order chi connectivity index (χ0) is 6.85. The van der Waals surface area contributed by atoms with Gasteiger partial charge in [0.1, 0.15) is 6.10 Å². The van der Waals surface area contributed by atoms with Crippen LogP contribution in [0.3, 0.4) is 0 Å². The average molecular weight is 126 g/mol. The maximum Gasteiger partial charge on any atom is 0.184 e. The summed E-state index contributed by atoms with van der Waals surface area (Å²) in [7, 11) is 0. The van der Waals surface area contributed by atoms with Crippen molar-refractivity contribution in [2.24, 2.45) is 0 Å². The van der Waals surface area contributed by atoms with E-state index >= 15 is 0 Å². The zero-order valence-corrected chi connectivity index (χ0v) is 5.42.